The normalized spacial score (nSPS) is 18.7. The molecule has 1 amide bonds. The van der Waals surface area contributed by atoms with Gasteiger partial charge < -0.3 is 10.0 Å². The van der Waals surface area contributed by atoms with Crippen LogP contribution in [0, 0.1) is 0 Å². The van der Waals surface area contributed by atoms with Crippen LogP contribution in [0.15, 0.2) is 60.7 Å². The summed E-state index contributed by atoms with van der Waals surface area (Å²) in [5.74, 6) is -0.357. The Morgan fingerprint density at radius 2 is 1.78 bits per heavy atom. The van der Waals surface area contributed by atoms with Crippen molar-refractivity contribution in [3.8, 4) is 0 Å². The number of ketones is 1. The minimum Gasteiger partial charge on any atom is -0.375 e. The number of hydrogen-bond acceptors (Lipinski definition) is 3. The lowest BCUT2D eigenvalue weighted by Gasteiger charge is -2.23. The molecule has 4 heteroatoms. The van der Waals surface area contributed by atoms with Crippen LogP contribution in [0.5, 0.6) is 0 Å². The number of para-hydroxylation sites is 1. The molecule has 1 N–H and O–H groups in total. The van der Waals surface area contributed by atoms with Crippen LogP contribution in [0.4, 0.5) is 5.69 Å². The number of benzene rings is 2. The molecule has 1 atom stereocenters. The molecule has 2 aromatic carbocycles. The number of amides is 1. The predicted molar refractivity (Wildman–Crippen MR) is 107 cm³/mol. The fraction of sp³-hybridized carbons (Fsp3) is 0.304. The average molecular weight is 363 g/mol. The zero-order valence-electron chi connectivity index (χ0n) is 16.0. The van der Waals surface area contributed by atoms with Gasteiger partial charge in [0.25, 0.3) is 5.91 Å². The summed E-state index contributed by atoms with van der Waals surface area (Å²) in [6.45, 7) is 10.2. The molecule has 0 saturated carbocycles. The maximum Gasteiger partial charge on any atom is 0.264 e. The van der Waals surface area contributed by atoms with Crippen molar-refractivity contribution in [2.24, 2.45) is 0 Å². The van der Waals surface area contributed by atoms with Gasteiger partial charge in [0.1, 0.15) is 0 Å². The van der Waals surface area contributed by atoms with Crippen molar-refractivity contribution in [3.05, 3.63) is 77.4 Å². The quantitative estimate of drug-likeness (QED) is 0.618. The van der Waals surface area contributed by atoms with Gasteiger partial charge in [0.15, 0.2) is 11.4 Å². The van der Waals surface area contributed by atoms with Gasteiger partial charge in [0, 0.05) is 17.7 Å². The van der Waals surface area contributed by atoms with Crippen LogP contribution in [0.3, 0.4) is 0 Å². The summed E-state index contributed by atoms with van der Waals surface area (Å²) in [6, 6.07) is 14.4. The Morgan fingerprint density at radius 3 is 2.37 bits per heavy atom. The number of nitrogens with zero attached hydrogens (tertiary/aromatic N) is 1. The van der Waals surface area contributed by atoms with Crippen LogP contribution in [0.1, 0.15) is 54.6 Å². The SMILES string of the molecule is C=C(C)CN1C(=O)[C@](O)(CC(=O)c2ccc(C(C)C)cc2)c2ccccc21. The summed E-state index contributed by atoms with van der Waals surface area (Å²) in [5.41, 5.74) is 1.70. The van der Waals surface area contributed by atoms with Gasteiger partial charge in [-0.15, -0.1) is 0 Å². The molecule has 1 aliphatic rings. The maximum atomic E-state index is 13.0. The monoisotopic (exact) mass is 363 g/mol. The summed E-state index contributed by atoms with van der Waals surface area (Å²) in [4.78, 5) is 27.3. The van der Waals surface area contributed by atoms with E-state index in [4.69, 9.17) is 0 Å². The molecule has 0 aromatic heterocycles. The molecule has 0 fully saturated rings. The van der Waals surface area contributed by atoms with Gasteiger partial charge in [-0.25, -0.2) is 0 Å². The molecule has 0 bridgehead atoms. The highest BCUT2D eigenvalue weighted by atomic mass is 16.3. The van der Waals surface area contributed by atoms with Crippen molar-refractivity contribution in [2.45, 2.75) is 38.7 Å². The lowest BCUT2D eigenvalue weighted by molar-refractivity contribution is -0.135. The number of fused-ring (bicyclic) bond motifs is 1. The highest BCUT2D eigenvalue weighted by Crippen LogP contribution is 2.43. The van der Waals surface area contributed by atoms with E-state index in [9.17, 15) is 14.7 Å². The van der Waals surface area contributed by atoms with Crippen molar-refractivity contribution in [2.75, 3.05) is 11.4 Å². The van der Waals surface area contributed by atoms with E-state index >= 15 is 0 Å². The standard InChI is InChI=1S/C23H25NO3/c1-15(2)14-24-20-8-6-5-7-19(20)23(27,22(24)26)13-21(25)18-11-9-17(10-12-18)16(3)4/h5-12,16,27H,1,13-14H2,2-4H3/t23-/m0/s1. The largest absolute Gasteiger partial charge is 0.375 e. The third kappa shape index (κ3) is 3.45. The van der Waals surface area contributed by atoms with Crippen LogP contribution >= 0.6 is 0 Å². The molecule has 3 rings (SSSR count). The third-order valence-corrected chi connectivity index (χ3v) is 4.98. The van der Waals surface area contributed by atoms with Crippen molar-refractivity contribution in [1.82, 2.24) is 0 Å². The Balaban J connectivity index is 1.92. The second-order valence-corrected chi connectivity index (χ2v) is 7.60. The van der Waals surface area contributed by atoms with E-state index in [1.54, 1.807) is 30.3 Å². The van der Waals surface area contributed by atoms with E-state index in [0.717, 1.165) is 11.1 Å². The van der Waals surface area contributed by atoms with Gasteiger partial charge in [-0.1, -0.05) is 68.5 Å². The van der Waals surface area contributed by atoms with Crippen molar-refractivity contribution >= 4 is 17.4 Å². The highest BCUT2D eigenvalue weighted by Gasteiger charge is 2.50. The van der Waals surface area contributed by atoms with Crippen LogP contribution < -0.4 is 4.90 Å². The number of hydrogen-bond donors (Lipinski definition) is 1. The Kier molecular flexibility index (Phi) is 5.03. The first-order chi connectivity index (χ1) is 12.7. The third-order valence-electron chi connectivity index (χ3n) is 4.98. The fourth-order valence-corrected chi connectivity index (χ4v) is 3.49. The molecular weight excluding hydrogens is 338 g/mol. The maximum absolute atomic E-state index is 13.0. The number of aliphatic hydroxyl groups is 1. The highest BCUT2D eigenvalue weighted by molar-refractivity contribution is 6.11. The van der Waals surface area contributed by atoms with Crippen molar-refractivity contribution < 1.29 is 14.7 Å². The molecular formula is C23H25NO3. The van der Waals surface area contributed by atoms with Gasteiger partial charge in [-0.05, 0) is 24.5 Å². The van der Waals surface area contributed by atoms with Crippen LogP contribution in [-0.4, -0.2) is 23.3 Å². The van der Waals surface area contributed by atoms with Gasteiger partial charge in [0.2, 0.25) is 0 Å². The molecule has 0 saturated heterocycles. The first-order valence-electron chi connectivity index (χ1n) is 9.15. The molecule has 0 aliphatic carbocycles. The molecule has 1 heterocycles. The van der Waals surface area contributed by atoms with Crippen LogP contribution in [0.25, 0.3) is 0 Å². The molecule has 4 nitrogen and oxygen atoms in total. The van der Waals surface area contributed by atoms with E-state index < -0.39 is 11.5 Å². The van der Waals surface area contributed by atoms with Gasteiger partial charge in [0.05, 0.1) is 12.1 Å². The smallest absolute Gasteiger partial charge is 0.264 e. The lowest BCUT2D eigenvalue weighted by atomic mass is 9.87. The number of carbonyl (C=O) groups excluding carboxylic acids is 2. The van der Waals surface area contributed by atoms with Gasteiger partial charge in [-0.2, -0.15) is 0 Å². The molecule has 2 aromatic rings. The molecule has 1 aliphatic heterocycles. The van der Waals surface area contributed by atoms with Gasteiger partial charge in [-0.3, -0.25) is 9.59 Å². The second-order valence-electron chi connectivity index (χ2n) is 7.60. The minimum absolute atomic E-state index is 0.256. The fourth-order valence-electron chi connectivity index (χ4n) is 3.49. The number of anilines is 1. The molecule has 0 radical (unpaired) electrons. The van der Waals surface area contributed by atoms with Crippen molar-refractivity contribution in [1.29, 1.82) is 0 Å². The van der Waals surface area contributed by atoms with Crippen LogP contribution in [0.2, 0.25) is 0 Å². The minimum atomic E-state index is -1.85. The molecule has 27 heavy (non-hydrogen) atoms. The lowest BCUT2D eigenvalue weighted by Crippen LogP contribution is -2.42. The van der Waals surface area contributed by atoms with E-state index in [0.29, 0.717) is 29.3 Å². The van der Waals surface area contributed by atoms with E-state index in [1.165, 1.54) is 4.90 Å². The second kappa shape index (κ2) is 7.12. The molecule has 140 valence electrons. The molecule has 0 spiro atoms. The van der Waals surface area contributed by atoms with Crippen molar-refractivity contribution in [3.63, 3.8) is 0 Å². The van der Waals surface area contributed by atoms with E-state index in [2.05, 4.69) is 20.4 Å². The zero-order chi connectivity index (χ0) is 19.8. The van der Waals surface area contributed by atoms with Crippen LogP contribution in [-0.2, 0) is 10.4 Å². The summed E-state index contributed by atoms with van der Waals surface area (Å²) < 4.78 is 0. The summed E-state index contributed by atoms with van der Waals surface area (Å²) in [6.07, 6.45) is -0.281. The van der Waals surface area contributed by atoms with E-state index in [-0.39, 0.29) is 12.2 Å². The van der Waals surface area contributed by atoms with E-state index in [1.807, 2.05) is 25.1 Å². The van der Waals surface area contributed by atoms with Gasteiger partial charge >= 0.3 is 0 Å². The Morgan fingerprint density at radius 1 is 1.15 bits per heavy atom. The topological polar surface area (TPSA) is 57.6 Å². The Hall–Kier alpha value is -2.72. The zero-order valence-corrected chi connectivity index (χ0v) is 16.0. The Bertz CT molecular complexity index is 898. The average Bonchev–Trinajstić information content (AvgIpc) is 2.84. The summed E-state index contributed by atoms with van der Waals surface area (Å²) in [7, 11) is 0. The summed E-state index contributed by atoms with van der Waals surface area (Å²) in [5, 5.41) is 11.2. The summed E-state index contributed by atoms with van der Waals surface area (Å²) >= 11 is 0. The number of Topliss-reactive ketones (excluding diaryl/α,β-unsaturated/α-hetero) is 1. The first kappa shape index (κ1) is 19.1. The predicted octanol–water partition coefficient (Wildman–Crippen LogP) is 4.19. The number of rotatable bonds is 6. The number of carbonyl (C=O) groups is 2. The first-order valence-corrected chi connectivity index (χ1v) is 9.15. The Labute approximate surface area is 160 Å². The molecule has 0 unspecified atom stereocenters.